The van der Waals surface area contributed by atoms with Crippen molar-refractivity contribution >= 4 is 0 Å². The van der Waals surface area contributed by atoms with E-state index in [9.17, 15) is 0 Å². The van der Waals surface area contributed by atoms with Crippen LogP contribution >= 0.6 is 0 Å². The Morgan fingerprint density at radius 2 is 2.09 bits per heavy atom. The van der Waals surface area contributed by atoms with Crippen molar-refractivity contribution in [1.82, 2.24) is 5.32 Å². The van der Waals surface area contributed by atoms with Gasteiger partial charge in [0.15, 0.2) is 0 Å². The topological polar surface area (TPSA) is 12.0 Å². The minimum absolute atomic E-state index is 0.406. The van der Waals surface area contributed by atoms with Crippen molar-refractivity contribution in [2.45, 2.75) is 19.9 Å². The fourth-order valence-electron chi connectivity index (χ4n) is 1.29. The third-order valence-electron chi connectivity index (χ3n) is 1.92. The average molecular weight is 149 g/mol. The largest absolute Gasteiger partial charge is 0.310 e. The fraction of sp³-hybridized carbons (Fsp3) is 0.400. The molecule has 1 heteroatoms. The van der Waals surface area contributed by atoms with Crippen LogP contribution in [0, 0.1) is 0 Å². The Bertz CT molecular complexity index is 221. The fourth-order valence-corrected chi connectivity index (χ4v) is 1.29. The lowest BCUT2D eigenvalue weighted by Gasteiger charge is -2.10. The lowest BCUT2D eigenvalue weighted by Crippen LogP contribution is -2.23. The molecule has 0 radical (unpaired) electrons. The van der Waals surface area contributed by atoms with E-state index in [1.807, 2.05) is 7.05 Å². The van der Waals surface area contributed by atoms with Gasteiger partial charge in [0.2, 0.25) is 0 Å². The first kappa shape index (κ1) is 8.28. The summed E-state index contributed by atoms with van der Waals surface area (Å²) in [6.07, 6.45) is 8.60. The van der Waals surface area contributed by atoms with Crippen molar-refractivity contribution in [1.29, 1.82) is 0 Å². The van der Waals surface area contributed by atoms with Crippen LogP contribution < -0.4 is 5.32 Å². The first-order chi connectivity index (χ1) is 5.24. The van der Waals surface area contributed by atoms with Gasteiger partial charge in [-0.05, 0) is 20.9 Å². The summed E-state index contributed by atoms with van der Waals surface area (Å²) in [7, 11) is 1.98. The zero-order valence-corrected chi connectivity index (χ0v) is 7.39. The molecule has 1 atom stereocenters. The minimum atomic E-state index is 0.406. The van der Waals surface area contributed by atoms with Crippen molar-refractivity contribution in [3.8, 4) is 0 Å². The van der Waals surface area contributed by atoms with Crippen LogP contribution in [0.4, 0.5) is 0 Å². The Kier molecular flexibility index (Phi) is 2.66. The molecule has 0 aliphatic heterocycles. The third kappa shape index (κ3) is 2.05. The van der Waals surface area contributed by atoms with Crippen LogP contribution in [0.5, 0.6) is 0 Å². The number of hydrogen-bond acceptors (Lipinski definition) is 1. The van der Waals surface area contributed by atoms with Crippen molar-refractivity contribution in [3.05, 3.63) is 35.5 Å². The second kappa shape index (κ2) is 3.54. The molecule has 1 unspecified atom stereocenters. The van der Waals surface area contributed by atoms with E-state index in [0.29, 0.717) is 6.04 Å². The van der Waals surface area contributed by atoms with Gasteiger partial charge in [0, 0.05) is 6.04 Å². The number of rotatable bonds is 1. The van der Waals surface area contributed by atoms with Gasteiger partial charge in [-0.15, -0.1) is 0 Å². The first-order valence-electron chi connectivity index (χ1n) is 3.94. The Morgan fingerprint density at radius 1 is 1.36 bits per heavy atom. The van der Waals surface area contributed by atoms with Gasteiger partial charge in [0.25, 0.3) is 0 Å². The van der Waals surface area contributed by atoms with E-state index < -0.39 is 0 Å². The third-order valence-corrected chi connectivity index (χ3v) is 1.92. The highest BCUT2D eigenvalue weighted by molar-refractivity contribution is 5.33. The van der Waals surface area contributed by atoms with E-state index in [1.165, 1.54) is 11.1 Å². The molecule has 0 amide bonds. The minimum Gasteiger partial charge on any atom is -0.310 e. The van der Waals surface area contributed by atoms with Crippen LogP contribution in [-0.4, -0.2) is 13.1 Å². The quantitative estimate of drug-likeness (QED) is 0.601. The van der Waals surface area contributed by atoms with Gasteiger partial charge in [-0.25, -0.2) is 0 Å². The molecule has 0 saturated heterocycles. The molecule has 0 saturated carbocycles. The zero-order chi connectivity index (χ0) is 8.27. The van der Waals surface area contributed by atoms with Crippen LogP contribution in [0.15, 0.2) is 35.5 Å². The highest BCUT2D eigenvalue weighted by Crippen LogP contribution is 2.11. The van der Waals surface area contributed by atoms with Crippen molar-refractivity contribution in [2.24, 2.45) is 0 Å². The molecule has 60 valence electrons. The number of allylic oxidation sites excluding steroid dienone is 4. The Morgan fingerprint density at radius 3 is 2.73 bits per heavy atom. The molecule has 0 aromatic rings. The summed E-state index contributed by atoms with van der Waals surface area (Å²) >= 11 is 0. The van der Waals surface area contributed by atoms with E-state index in [4.69, 9.17) is 0 Å². The predicted octanol–water partition coefficient (Wildman–Crippen LogP) is 2.04. The Hall–Kier alpha value is -0.820. The van der Waals surface area contributed by atoms with Crippen molar-refractivity contribution in [2.75, 3.05) is 7.05 Å². The lowest BCUT2D eigenvalue weighted by molar-refractivity contribution is 0.752. The van der Waals surface area contributed by atoms with Gasteiger partial charge in [0.05, 0.1) is 0 Å². The van der Waals surface area contributed by atoms with E-state index in [0.717, 1.165) is 0 Å². The average Bonchev–Trinajstić information content (AvgIpc) is 2.11. The predicted molar refractivity (Wildman–Crippen MR) is 49.5 cm³/mol. The standard InChI is InChI=1S/C10H15N/c1-8-5-4-6-10(11-3)9(2)7-8/h4-7,10-11H,1-3H3. The molecule has 0 fully saturated rings. The normalized spacial score (nSPS) is 24.1. The summed E-state index contributed by atoms with van der Waals surface area (Å²) in [4.78, 5) is 0. The van der Waals surface area contributed by atoms with Gasteiger partial charge in [-0.2, -0.15) is 0 Å². The van der Waals surface area contributed by atoms with Gasteiger partial charge >= 0.3 is 0 Å². The van der Waals surface area contributed by atoms with Crippen molar-refractivity contribution in [3.63, 3.8) is 0 Å². The summed E-state index contributed by atoms with van der Waals surface area (Å²) in [5.41, 5.74) is 2.69. The monoisotopic (exact) mass is 149 g/mol. The SMILES string of the molecule is CNC1C=CC=C(C)C=C1C. The van der Waals surface area contributed by atoms with Crippen LogP contribution in [0.25, 0.3) is 0 Å². The van der Waals surface area contributed by atoms with Crippen LogP contribution in [-0.2, 0) is 0 Å². The molecule has 1 nitrogen and oxygen atoms in total. The summed E-state index contributed by atoms with van der Waals surface area (Å²) in [6, 6.07) is 0.406. The summed E-state index contributed by atoms with van der Waals surface area (Å²) < 4.78 is 0. The summed E-state index contributed by atoms with van der Waals surface area (Å²) in [5.74, 6) is 0. The number of nitrogens with one attached hydrogen (secondary N) is 1. The number of hydrogen-bond donors (Lipinski definition) is 1. The molecule has 0 aromatic heterocycles. The second-order valence-electron chi connectivity index (χ2n) is 2.95. The maximum atomic E-state index is 3.23. The molecule has 1 aliphatic rings. The Balaban J connectivity index is 2.85. The molecule has 0 spiro atoms. The van der Waals surface area contributed by atoms with Crippen LogP contribution in [0.2, 0.25) is 0 Å². The number of likely N-dealkylation sites (N-methyl/N-ethyl adjacent to an activating group) is 1. The van der Waals surface area contributed by atoms with E-state index in [1.54, 1.807) is 0 Å². The maximum Gasteiger partial charge on any atom is 0.0466 e. The van der Waals surface area contributed by atoms with Gasteiger partial charge in [-0.3, -0.25) is 0 Å². The first-order valence-corrected chi connectivity index (χ1v) is 3.94. The van der Waals surface area contributed by atoms with E-state index in [-0.39, 0.29) is 0 Å². The molecule has 1 N–H and O–H groups in total. The van der Waals surface area contributed by atoms with Crippen molar-refractivity contribution < 1.29 is 0 Å². The summed E-state index contributed by atoms with van der Waals surface area (Å²) in [6.45, 7) is 4.26. The molecule has 1 rings (SSSR count). The lowest BCUT2D eigenvalue weighted by atomic mass is 10.1. The highest BCUT2D eigenvalue weighted by Gasteiger charge is 2.04. The summed E-state index contributed by atoms with van der Waals surface area (Å²) in [5, 5.41) is 3.23. The van der Waals surface area contributed by atoms with Gasteiger partial charge in [-0.1, -0.05) is 35.5 Å². The molecule has 11 heavy (non-hydrogen) atoms. The molecular weight excluding hydrogens is 134 g/mol. The van der Waals surface area contributed by atoms with E-state index in [2.05, 4.69) is 43.5 Å². The van der Waals surface area contributed by atoms with Gasteiger partial charge < -0.3 is 5.32 Å². The smallest absolute Gasteiger partial charge is 0.0466 e. The molecule has 0 heterocycles. The maximum absolute atomic E-state index is 3.23. The van der Waals surface area contributed by atoms with Crippen LogP contribution in [0.1, 0.15) is 13.8 Å². The Labute approximate surface area is 68.5 Å². The second-order valence-corrected chi connectivity index (χ2v) is 2.95. The molecular formula is C10H15N. The van der Waals surface area contributed by atoms with Gasteiger partial charge in [0.1, 0.15) is 0 Å². The highest BCUT2D eigenvalue weighted by atomic mass is 14.9. The van der Waals surface area contributed by atoms with Crippen LogP contribution in [0.3, 0.4) is 0 Å². The van der Waals surface area contributed by atoms with E-state index >= 15 is 0 Å². The molecule has 0 aromatic carbocycles. The zero-order valence-electron chi connectivity index (χ0n) is 7.39. The molecule has 0 bridgehead atoms. The molecule has 1 aliphatic carbocycles.